The van der Waals surface area contributed by atoms with Gasteiger partial charge < -0.3 is 32.1 Å². The molecule has 4 amide bonds. The molecule has 0 rings (SSSR count). The van der Waals surface area contributed by atoms with Crippen molar-refractivity contribution in [2.24, 2.45) is 11.7 Å². The van der Waals surface area contributed by atoms with Gasteiger partial charge in [-0.25, -0.2) is 0 Å². The number of carboxylic acids is 1. The van der Waals surface area contributed by atoms with Crippen LogP contribution in [0.15, 0.2) is 0 Å². The summed E-state index contributed by atoms with van der Waals surface area (Å²) in [4.78, 5) is 56.8. The molecule has 7 N–H and O–H groups in total. The van der Waals surface area contributed by atoms with Crippen molar-refractivity contribution in [1.82, 2.24) is 21.3 Å². The maximum atomic E-state index is 11.7. The molecule has 26 heavy (non-hydrogen) atoms. The predicted molar refractivity (Wildman–Crippen MR) is 91.7 cm³/mol. The molecule has 11 heteroatoms. The Morgan fingerprint density at radius 2 is 1.38 bits per heavy atom. The monoisotopic (exact) mass is 373 g/mol. The average molecular weight is 373 g/mol. The Labute approximate surface area is 151 Å². The highest BCUT2D eigenvalue weighted by molar-refractivity contribution is 5.92. The smallest absolute Gasteiger partial charge is 0.322 e. The van der Waals surface area contributed by atoms with E-state index in [1.165, 1.54) is 6.92 Å². The average Bonchev–Trinajstić information content (AvgIpc) is 2.54. The highest BCUT2D eigenvalue weighted by Crippen LogP contribution is 2.02. The number of nitrogens with one attached hydrogen (secondary N) is 4. The van der Waals surface area contributed by atoms with Crippen molar-refractivity contribution in [2.45, 2.75) is 39.3 Å². The van der Waals surface area contributed by atoms with Gasteiger partial charge in [-0.2, -0.15) is 0 Å². The minimum Gasteiger partial charge on any atom is -0.480 e. The van der Waals surface area contributed by atoms with Crippen molar-refractivity contribution in [3.05, 3.63) is 0 Å². The van der Waals surface area contributed by atoms with E-state index in [4.69, 9.17) is 10.8 Å². The Morgan fingerprint density at radius 3 is 1.92 bits per heavy atom. The fraction of sp³-hybridized carbons (Fsp3) is 0.667. The normalized spacial score (nSPS) is 12.7. The topological polar surface area (TPSA) is 180 Å². The second kappa shape index (κ2) is 11.8. The minimum atomic E-state index is -1.21. The number of aliphatic carboxylic acids is 1. The third kappa shape index (κ3) is 11.0. The lowest BCUT2D eigenvalue weighted by molar-refractivity contribution is -0.138. The zero-order valence-electron chi connectivity index (χ0n) is 15.1. The van der Waals surface area contributed by atoms with E-state index < -0.39 is 54.8 Å². The first-order valence-corrected chi connectivity index (χ1v) is 8.11. The summed E-state index contributed by atoms with van der Waals surface area (Å²) in [7, 11) is 0. The van der Waals surface area contributed by atoms with Crippen molar-refractivity contribution in [3.63, 3.8) is 0 Å². The van der Waals surface area contributed by atoms with E-state index in [-0.39, 0.29) is 12.5 Å². The molecule has 11 nitrogen and oxygen atoms in total. The molecule has 0 unspecified atom stereocenters. The first-order chi connectivity index (χ1) is 12.0. The molecule has 0 saturated carbocycles. The lowest BCUT2D eigenvalue weighted by atomic mass is 10.0. The van der Waals surface area contributed by atoms with Crippen LogP contribution >= 0.6 is 0 Å². The van der Waals surface area contributed by atoms with E-state index >= 15 is 0 Å². The Balaban J connectivity index is 4.07. The van der Waals surface area contributed by atoms with E-state index in [1.54, 1.807) is 0 Å². The predicted octanol–water partition coefficient (Wildman–Crippen LogP) is -2.70. The van der Waals surface area contributed by atoms with Crippen LogP contribution in [0.5, 0.6) is 0 Å². The van der Waals surface area contributed by atoms with Crippen LogP contribution in [-0.2, 0) is 24.0 Å². The zero-order valence-corrected chi connectivity index (χ0v) is 15.1. The van der Waals surface area contributed by atoms with Gasteiger partial charge in [0.1, 0.15) is 12.6 Å². The summed E-state index contributed by atoms with van der Waals surface area (Å²) >= 11 is 0. The number of carboxylic acid groups (broad SMARTS) is 1. The molecule has 148 valence electrons. The Hall–Kier alpha value is -2.69. The van der Waals surface area contributed by atoms with Crippen molar-refractivity contribution in [1.29, 1.82) is 0 Å². The van der Waals surface area contributed by atoms with E-state index in [0.717, 1.165) is 0 Å². The van der Waals surface area contributed by atoms with E-state index in [1.807, 2.05) is 13.8 Å². The molecule has 0 aromatic rings. The molecule has 2 atom stereocenters. The number of nitrogens with two attached hydrogens (primary N) is 1. The van der Waals surface area contributed by atoms with Crippen LogP contribution in [0.4, 0.5) is 0 Å². The summed E-state index contributed by atoms with van der Waals surface area (Å²) in [6.07, 6.45) is 0.484. The summed E-state index contributed by atoms with van der Waals surface area (Å²) in [5.41, 5.74) is 5.67. The number of carbonyl (C=O) groups is 5. The number of hydrogen-bond donors (Lipinski definition) is 6. The molecular formula is C15H27N5O6. The van der Waals surface area contributed by atoms with Crippen LogP contribution in [0.2, 0.25) is 0 Å². The third-order valence-corrected chi connectivity index (χ3v) is 3.12. The summed E-state index contributed by atoms with van der Waals surface area (Å²) in [5.74, 6) is -3.32. The van der Waals surface area contributed by atoms with Gasteiger partial charge in [0.05, 0.1) is 19.1 Å². The largest absolute Gasteiger partial charge is 0.480 e. The minimum absolute atomic E-state index is 0.239. The van der Waals surface area contributed by atoms with Gasteiger partial charge in [0.15, 0.2) is 0 Å². The molecule has 0 saturated heterocycles. The van der Waals surface area contributed by atoms with E-state index in [2.05, 4.69) is 21.3 Å². The Bertz CT molecular complexity index is 537. The van der Waals surface area contributed by atoms with Crippen molar-refractivity contribution in [2.75, 3.05) is 19.6 Å². The Kier molecular flexibility index (Phi) is 10.6. The molecule has 0 aliphatic heterocycles. The van der Waals surface area contributed by atoms with Gasteiger partial charge in [-0.05, 0) is 19.3 Å². The SMILES string of the molecule is CC(C)C[C@H](N)C(=O)NCC(=O)NCC(=O)N[C@@H](C)C(=O)NCC(=O)O. The van der Waals surface area contributed by atoms with Gasteiger partial charge >= 0.3 is 5.97 Å². The molecule has 0 aliphatic rings. The maximum absolute atomic E-state index is 11.7. The van der Waals surface area contributed by atoms with E-state index in [9.17, 15) is 24.0 Å². The maximum Gasteiger partial charge on any atom is 0.322 e. The zero-order chi connectivity index (χ0) is 20.3. The van der Waals surface area contributed by atoms with Gasteiger partial charge in [-0.1, -0.05) is 13.8 Å². The first-order valence-electron chi connectivity index (χ1n) is 8.11. The number of rotatable bonds is 11. The first kappa shape index (κ1) is 23.3. The number of carbonyl (C=O) groups excluding carboxylic acids is 4. The molecule has 0 aliphatic carbocycles. The Morgan fingerprint density at radius 1 is 0.846 bits per heavy atom. The molecule has 0 heterocycles. The summed E-state index contributed by atoms with van der Waals surface area (Å²) < 4.78 is 0. The van der Waals surface area contributed by atoms with Crippen LogP contribution < -0.4 is 27.0 Å². The number of hydrogen-bond acceptors (Lipinski definition) is 6. The highest BCUT2D eigenvalue weighted by Gasteiger charge is 2.18. The van der Waals surface area contributed by atoms with Crippen LogP contribution in [-0.4, -0.2) is 66.4 Å². The molecule has 0 radical (unpaired) electrons. The van der Waals surface area contributed by atoms with Gasteiger partial charge in [-0.15, -0.1) is 0 Å². The van der Waals surface area contributed by atoms with E-state index in [0.29, 0.717) is 6.42 Å². The van der Waals surface area contributed by atoms with Crippen molar-refractivity contribution >= 4 is 29.6 Å². The molecule has 0 aromatic heterocycles. The lowest BCUT2D eigenvalue weighted by Gasteiger charge is -2.15. The second-order valence-corrected chi connectivity index (χ2v) is 6.13. The lowest BCUT2D eigenvalue weighted by Crippen LogP contribution is -2.50. The summed E-state index contributed by atoms with van der Waals surface area (Å²) in [5, 5.41) is 17.5. The second-order valence-electron chi connectivity index (χ2n) is 6.13. The van der Waals surface area contributed by atoms with Gasteiger partial charge in [0, 0.05) is 0 Å². The van der Waals surface area contributed by atoms with Gasteiger partial charge in [-0.3, -0.25) is 24.0 Å². The molecule has 0 fully saturated rings. The summed E-state index contributed by atoms with van der Waals surface area (Å²) in [6, 6.07) is -1.68. The van der Waals surface area contributed by atoms with Gasteiger partial charge in [0.25, 0.3) is 0 Å². The van der Waals surface area contributed by atoms with Crippen molar-refractivity contribution < 1.29 is 29.1 Å². The van der Waals surface area contributed by atoms with Crippen LogP contribution in [0.25, 0.3) is 0 Å². The third-order valence-electron chi connectivity index (χ3n) is 3.12. The van der Waals surface area contributed by atoms with Crippen LogP contribution in [0.3, 0.4) is 0 Å². The van der Waals surface area contributed by atoms with Crippen molar-refractivity contribution in [3.8, 4) is 0 Å². The molecule has 0 spiro atoms. The molecule has 0 aromatic carbocycles. The summed E-state index contributed by atoms with van der Waals surface area (Å²) in [6.45, 7) is 3.92. The fourth-order valence-electron chi connectivity index (χ4n) is 1.83. The molecular weight excluding hydrogens is 346 g/mol. The van der Waals surface area contributed by atoms with Gasteiger partial charge in [0.2, 0.25) is 23.6 Å². The van der Waals surface area contributed by atoms with Crippen LogP contribution in [0, 0.1) is 5.92 Å². The number of amides is 4. The molecule has 0 bridgehead atoms. The quantitative estimate of drug-likeness (QED) is 0.228. The highest BCUT2D eigenvalue weighted by atomic mass is 16.4. The fourth-order valence-corrected chi connectivity index (χ4v) is 1.83. The standard InChI is InChI=1S/C15H27N5O6/c1-8(2)4-10(16)15(26)18-5-11(21)17-6-12(22)20-9(3)14(25)19-7-13(23)24/h8-10H,4-7,16H2,1-3H3,(H,17,21)(H,18,26)(H,19,25)(H,20,22)(H,23,24)/t9-,10-/m0/s1. The van der Waals surface area contributed by atoms with Crippen LogP contribution in [0.1, 0.15) is 27.2 Å².